The number of aliphatic carboxylic acids is 2. The summed E-state index contributed by atoms with van der Waals surface area (Å²) in [5.41, 5.74) is -3.07. The van der Waals surface area contributed by atoms with Gasteiger partial charge in [0.2, 0.25) is 0 Å². The summed E-state index contributed by atoms with van der Waals surface area (Å²) in [7, 11) is 0. The van der Waals surface area contributed by atoms with Crippen molar-refractivity contribution < 1.29 is 123 Å². The Kier molecular flexibility index (Phi) is 12.7. The first-order valence-corrected chi connectivity index (χ1v) is 3.96. The summed E-state index contributed by atoms with van der Waals surface area (Å²) >= 11 is 0. The van der Waals surface area contributed by atoms with Gasteiger partial charge in [-0.2, -0.15) is 10.2 Å². The molecule has 0 amide bonds. The monoisotopic (exact) mass is 278 g/mol. The smallest absolute Gasteiger partial charge is 0.547 e. The van der Waals surface area contributed by atoms with E-state index in [0.717, 1.165) is 0 Å². The van der Waals surface area contributed by atoms with Gasteiger partial charge in [0.05, 0.1) is 11.9 Å². The third kappa shape index (κ3) is 8.01. The molecule has 8 heteroatoms. The van der Waals surface area contributed by atoms with Gasteiger partial charge in [0, 0.05) is 0 Å². The van der Waals surface area contributed by atoms with Crippen LogP contribution in [-0.4, -0.2) is 23.0 Å². The average Bonchev–Trinajstić information content (AvgIpc) is 2.01. The molecule has 0 saturated heterocycles. The summed E-state index contributed by atoms with van der Waals surface area (Å²) in [6, 6.07) is 0. The molecule has 0 spiro atoms. The van der Waals surface area contributed by atoms with Crippen LogP contribution in [0.25, 0.3) is 0 Å². The van der Waals surface area contributed by atoms with E-state index >= 15 is 0 Å². The number of hydrogen-bond donors (Lipinski definition) is 0. The van der Waals surface area contributed by atoms with E-state index in [1.807, 2.05) is 0 Å². The first-order chi connectivity index (χ1) is 6.09. The Morgan fingerprint density at radius 3 is 1.12 bits per heavy atom. The molecule has 0 aromatic carbocycles. The molecule has 0 bridgehead atoms. The average molecular weight is 278 g/mol. The first kappa shape index (κ1) is 22.9. The van der Waals surface area contributed by atoms with E-state index in [2.05, 4.69) is 10.2 Å². The van der Waals surface area contributed by atoms with E-state index in [4.69, 9.17) is 0 Å². The standard InChI is InChI=1S/C8H14N2O4.2K/c1-7(2,5(11)12)9-10-8(3,4)6(13)14;;/h1-4H3,(H,11,12)(H,13,14);;/q;2*+1/p-2. The van der Waals surface area contributed by atoms with Crippen LogP contribution in [0.4, 0.5) is 0 Å². The van der Waals surface area contributed by atoms with Crippen LogP contribution in [0.3, 0.4) is 0 Å². The fourth-order valence-electron chi connectivity index (χ4n) is 0.332. The Morgan fingerprint density at radius 2 is 1.00 bits per heavy atom. The molecular formula is C8H12K2N2O4. The quantitative estimate of drug-likeness (QED) is 0.376. The Labute approximate surface area is 179 Å². The van der Waals surface area contributed by atoms with Crippen molar-refractivity contribution in [3.05, 3.63) is 0 Å². The molecule has 0 saturated carbocycles. The van der Waals surface area contributed by atoms with Gasteiger partial charge in [-0.05, 0) is 27.7 Å². The van der Waals surface area contributed by atoms with Crippen LogP contribution < -0.4 is 113 Å². The van der Waals surface area contributed by atoms with Gasteiger partial charge in [0.1, 0.15) is 11.1 Å². The van der Waals surface area contributed by atoms with Gasteiger partial charge in [0.15, 0.2) is 0 Å². The number of hydrogen-bond acceptors (Lipinski definition) is 6. The van der Waals surface area contributed by atoms with E-state index in [-0.39, 0.29) is 103 Å². The van der Waals surface area contributed by atoms with Gasteiger partial charge in [0.25, 0.3) is 0 Å². The van der Waals surface area contributed by atoms with Crippen molar-refractivity contribution in [2.75, 3.05) is 0 Å². The molecule has 0 rings (SSSR count). The minimum atomic E-state index is -1.54. The Balaban J connectivity index is -0.000000845. The summed E-state index contributed by atoms with van der Waals surface area (Å²) in [5, 5.41) is 27.7. The summed E-state index contributed by atoms with van der Waals surface area (Å²) in [6.45, 7) is 5.04. The van der Waals surface area contributed by atoms with Crippen LogP contribution in [0.2, 0.25) is 0 Å². The van der Waals surface area contributed by atoms with Crippen molar-refractivity contribution in [3.8, 4) is 0 Å². The molecule has 0 radical (unpaired) electrons. The van der Waals surface area contributed by atoms with Gasteiger partial charge < -0.3 is 19.8 Å². The van der Waals surface area contributed by atoms with Gasteiger partial charge >= 0.3 is 103 Å². The summed E-state index contributed by atoms with van der Waals surface area (Å²) in [5.74, 6) is -2.84. The minimum absolute atomic E-state index is 0. The molecule has 0 N–H and O–H groups in total. The van der Waals surface area contributed by atoms with E-state index < -0.39 is 23.0 Å². The molecule has 80 valence electrons. The van der Waals surface area contributed by atoms with E-state index in [1.165, 1.54) is 27.7 Å². The molecule has 0 aliphatic rings. The molecule has 0 aliphatic carbocycles. The molecule has 0 aromatic heterocycles. The number of carbonyl (C=O) groups is 2. The fraction of sp³-hybridized carbons (Fsp3) is 0.750. The van der Waals surface area contributed by atoms with Crippen LogP contribution >= 0.6 is 0 Å². The van der Waals surface area contributed by atoms with Gasteiger partial charge in [-0.25, -0.2) is 0 Å². The van der Waals surface area contributed by atoms with E-state index in [1.54, 1.807) is 0 Å². The van der Waals surface area contributed by atoms with Crippen LogP contribution in [0.15, 0.2) is 10.2 Å². The van der Waals surface area contributed by atoms with Crippen molar-refractivity contribution in [2.45, 2.75) is 38.8 Å². The zero-order valence-corrected chi connectivity index (χ0v) is 16.8. The van der Waals surface area contributed by atoms with Crippen LogP contribution in [0.1, 0.15) is 27.7 Å². The molecule has 0 unspecified atom stereocenters. The summed E-state index contributed by atoms with van der Waals surface area (Å²) < 4.78 is 0. The second kappa shape index (κ2) is 8.84. The third-order valence-electron chi connectivity index (χ3n) is 1.55. The first-order valence-electron chi connectivity index (χ1n) is 3.96. The molecule has 0 aliphatic heterocycles. The van der Waals surface area contributed by atoms with E-state index in [0.29, 0.717) is 0 Å². The number of rotatable bonds is 4. The Hall–Kier alpha value is 1.81. The second-order valence-electron chi connectivity index (χ2n) is 3.89. The number of carbonyl (C=O) groups excluding carboxylic acids is 2. The predicted molar refractivity (Wildman–Crippen MR) is 43.0 cm³/mol. The molecule has 6 nitrogen and oxygen atoms in total. The Morgan fingerprint density at radius 1 is 0.812 bits per heavy atom. The molecular weight excluding hydrogens is 266 g/mol. The van der Waals surface area contributed by atoms with Crippen molar-refractivity contribution >= 4 is 11.9 Å². The normalized spacial score (nSPS) is 11.5. The zero-order chi connectivity index (χ0) is 11.6. The van der Waals surface area contributed by atoms with Crippen LogP contribution in [0.5, 0.6) is 0 Å². The number of carboxylic acid groups (broad SMARTS) is 2. The molecule has 16 heavy (non-hydrogen) atoms. The maximum atomic E-state index is 10.5. The van der Waals surface area contributed by atoms with Crippen molar-refractivity contribution in [2.24, 2.45) is 10.2 Å². The van der Waals surface area contributed by atoms with E-state index in [9.17, 15) is 19.8 Å². The SMILES string of the molecule is CC(C)(N=NC(C)(C)C(=O)[O-])C(=O)[O-].[K+].[K+]. The van der Waals surface area contributed by atoms with Gasteiger partial charge in [-0.15, -0.1) is 0 Å². The Bertz CT molecular complexity index is 262. The largest absolute Gasteiger partial charge is 1.00 e. The predicted octanol–water partition coefficient (Wildman–Crippen LogP) is -7.50. The fourth-order valence-corrected chi connectivity index (χ4v) is 0.332. The van der Waals surface area contributed by atoms with Crippen molar-refractivity contribution in [3.63, 3.8) is 0 Å². The minimum Gasteiger partial charge on any atom is -0.547 e. The van der Waals surface area contributed by atoms with Crippen LogP contribution in [-0.2, 0) is 9.59 Å². The second-order valence-corrected chi connectivity index (χ2v) is 3.89. The van der Waals surface area contributed by atoms with Crippen molar-refractivity contribution in [1.29, 1.82) is 0 Å². The summed E-state index contributed by atoms with van der Waals surface area (Å²) in [4.78, 5) is 21.0. The topological polar surface area (TPSA) is 105 Å². The van der Waals surface area contributed by atoms with Gasteiger partial charge in [-0.3, -0.25) is 0 Å². The van der Waals surface area contributed by atoms with Crippen molar-refractivity contribution in [1.82, 2.24) is 0 Å². The third-order valence-corrected chi connectivity index (χ3v) is 1.55. The molecule has 0 fully saturated rings. The molecule has 0 aromatic rings. The number of azo groups is 1. The number of nitrogens with zero attached hydrogens (tertiary/aromatic N) is 2. The summed E-state index contributed by atoms with van der Waals surface area (Å²) in [6.07, 6.45) is 0. The molecule has 0 heterocycles. The zero-order valence-electron chi connectivity index (χ0n) is 10.5. The van der Waals surface area contributed by atoms with Crippen LogP contribution in [0, 0.1) is 0 Å². The maximum Gasteiger partial charge on any atom is 1.00 e. The maximum absolute atomic E-state index is 10.5. The number of carboxylic acids is 2. The molecule has 0 atom stereocenters. The van der Waals surface area contributed by atoms with Gasteiger partial charge in [-0.1, -0.05) is 0 Å².